The summed E-state index contributed by atoms with van der Waals surface area (Å²) in [5, 5.41) is 25.5. The monoisotopic (exact) mass is 294 g/mol. The number of para-hydroxylation sites is 2. The summed E-state index contributed by atoms with van der Waals surface area (Å²) < 4.78 is 11.1. The highest BCUT2D eigenvalue weighted by Gasteiger charge is 2.38. The molecule has 0 unspecified atom stereocenters. The number of hydrogen-bond acceptors (Lipinski definition) is 7. The molecule has 1 aromatic heterocycles. The Hall–Kier alpha value is -3.17. The van der Waals surface area contributed by atoms with Crippen LogP contribution in [0.1, 0.15) is 0 Å². The van der Waals surface area contributed by atoms with Gasteiger partial charge in [0.2, 0.25) is 0 Å². The van der Waals surface area contributed by atoms with E-state index in [0.717, 1.165) is 4.68 Å². The van der Waals surface area contributed by atoms with E-state index in [1.807, 2.05) is 0 Å². The highest BCUT2D eigenvalue weighted by molar-refractivity contribution is 5.56. The summed E-state index contributed by atoms with van der Waals surface area (Å²) >= 11 is 0. The summed E-state index contributed by atoms with van der Waals surface area (Å²) in [7, 11) is 2.61. The van der Waals surface area contributed by atoms with E-state index < -0.39 is 27.2 Å². The average molecular weight is 294 g/mol. The van der Waals surface area contributed by atoms with Crippen LogP contribution in [0, 0.1) is 20.2 Å². The van der Waals surface area contributed by atoms with Crippen LogP contribution in [0.4, 0.5) is 11.6 Å². The van der Waals surface area contributed by atoms with Gasteiger partial charge >= 0.3 is 17.4 Å². The van der Waals surface area contributed by atoms with Gasteiger partial charge < -0.3 is 29.7 Å². The lowest BCUT2D eigenvalue weighted by molar-refractivity contribution is -0.396. The Morgan fingerprint density at radius 3 is 2.29 bits per heavy atom. The summed E-state index contributed by atoms with van der Waals surface area (Å²) in [6.07, 6.45) is 0. The second kappa shape index (κ2) is 5.45. The molecule has 0 saturated carbocycles. The molecule has 0 bridgehead atoms. The maximum absolute atomic E-state index is 11.0. The van der Waals surface area contributed by atoms with Crippen molar-refractivity contribution in [1.82, 2.24) is 9.78 Å². The van der Waals surface area contributed by atoms with Crippen LogP contribution in [0.2, 0.25) is 0 Å². The van der Waals surface area contributed by atoms with E-state index in [0.29, 0.717) is 0 Å². The number of methoxy groups -OCH3 is 1. The molecule has 1 heterocycles. The molecule has 0 fully saturated rings. The van der Waals surface area contributed by atoms with Crippen LogP contribution in [0.5, 0.6) is 17.2 Å². The Balaban J connectivity index is 2.57. The number of hydrogen-bond donors (Lipinski definition) is 0. The molecule has 10 heteroatoms. The van der Waals surface area contributed by atoms with Crippen LogP contribution < -0.4 is 9.47 Å². The fraction of sp³-hybridized carbons (Fsp3) is 0.182. The quantitative estimate of drug-likeness (QED) is 0.610. The third-order valence-corrected chi connectivity index (χ3v) is 2.58. The average Bonchev–Trinajstić information content (AvgIpc) is 2.76. The van der Waals surface area contributed by atoms with E-state index >= 15 is 0 Å². The third-order valence-electron chi connectivity index (χ3n) is 2.58. The van der Waals surface area contributed by atoms with Gasteiger partial charge in [0.1, 0.15) is 7.05 Å². The molecule has 0 N–H and O–H groups in total. The van der Waals surface area contributed by atoms with Crippen LogP contribution in [0.25, 0.3) is 0 Å². The number of nitrogens with zero attached hydrogens (tertiary/aromatic N) is 4. The first-order valence-electron chi connectivity index (χ1n) is 5.62. The van der Waals surface area contributed by atoms with Gasteiger partial charge in [-0.05, 0) is 26.7 Å². The smallest absolute Gasteiger partial charge is 0.463 e. The molecule has 0 amide bonds. The Morgan fingerprint density at radius 1 is 1.14 bits per heavy atom. The lowest BCUT2D eigenvalue weighted by atomic mass is 10.3. The lowest BCUT2D eigenvalue weighted by Crippen LogP contribution is -1.99. The molecule has 10 nitrogen and oxygen atoms in total. The highest BCUT2D eigenvalue weighted by atomic mass is 16.6. The zero-order valence-corrected chi connectivity index (χ0v) is 11.0. The summed E-state index contributed by atoms with van der Waals surface area (Å²) in [5.41, 5.74) is 0. The summed E-state index contributed by atoms with van der Waals surface area (Å²) in [6.45, 7) is 0. The summed E-state index contributed by atoms with van der Waals surface area (Å²) in [6, 6.07) is 6.30. The first-order valence-corrected chi connectivity index (χ1v) is 5.62. The van der Waals surface area contributed by atoms with Gasteiger partial charge in [0, 0.05) is 0 Å². The van der Waals surface area contributed by atoms with Crippen LogP contribution in [-0.2, 0) is 7.05 Å². The van der Waals surface area contributed by atoms with Gasteiger partial charge in [-0.25, -0.2) is 0 Å². The lowest BCUT2D eigenvalue weighted by Gasteiger charge is -2.07. The van der Waals surface area contributed by atoms with Crippen LogP contribution in [0.3, 0.4) is 0 Å². The molecule has 0 radical (unpaired) electrons. The number of nitro groups is 2. The fourth-order valence-electron chi connectivity index (χ4n) is 1.71. The second-order valence-corrected chi connectivity index (χ2v) is 3.87. The van der Waals surface area contributed by atoms with E-state index in [1.165, 1.54) is 20.2 Å². The first kappa shape index (κ1) is 14.2. The zero-order chi connectivity index (χ0) is 15.6. The fourth-order valence-corrected chi connectivity index (χ4v) is 1.71. The van der Waals surface area contributed by atoms with Crippen molar-refractivity contribution < 1.29 is 19.3 Å². The third kappa shape index (κ3) is 2.59. The molecule has 0 atom stereocenters. The molecular weight excluding hydrogens is 284 g/mol. The first-order chi connectivity index (χ1) is 9.95. The second-order valence-electron chi connectivity index (χ2n) is 3.87. The predicted octanol–water partition coefficient (Wildman–Crippen LogP) is 2.04. The Morgan fingerprint density at radius 2 is 1.76 bits per heavy atom. The molecule has 2 rings (SSSR count). The predicted molar refractivity (Wildman–Crippen MR) is 69.6 cm³/mol. The zero-order valence-electron chi connectivity index (χ0n) is 11.0. The molecule has 21 heavy (non-hydrogen) atoms. The maximum Gasteiger partial charge on any atom is 0.463 e. The molecule has 0 saturated heterocycles. The van der Waals surface area contributed by atoms with E-state index in [1.54, 1.807) is 18.2 Å². The van der Waals surface area contributed by atoms with Gasteiger partial charge in [-0.3, -0.25) is 0 Å². The molecule has 1 aromatic carbocycles. The van der Waals surface area contributed by atoms with E-state index in [2.05, 4.69) is 5.10 Å². The van der Waals surface area contributed by atoms with Gasteiger partial charge in [0.05, 0.1) is 7.11 Å². The van der Waals surface area contributed by atoms with Crippen molar-refractivity contribution in [2.45, 2.75) is 0 Å². The van der Waals surface area contributed by atoms with Crippen LogP contribution >= 0.6 is 0 Å². The van der Waals surface area contributed by atoms with Gasteiger partial charge in [-0.1, -0.05) is 12.1 Å². The standard InChI is InChI=1S/C11H10N4O6/c1-13-11(15(18)19)9(10(12-13)14(16)17)21-8-6-4-3-5-7(8)20-2/h3-6H,1-2H3. The van der Waals surface area contributed by atoms with Crippen molar-refractivity contribution in [3.8, 4) is 17.2 Å². The van der Waals surface area contributed by atoms with E-state index in [-0.39, 0.29) is 11.5 Å². The molecule has 0 spiro atoms. The Bertz CT molecular complexity index is 711. The number of ether oxygens (including phenoxy) is 2. The minimum atomic E-state index is -0.849. The Labute approximate surface area is 117 Å². The molecule has 110 valence electrons. The van der Waals surface area contributed by atoms with Crippen LogP contribution in [-0.4, -0.2) is 26.7 Å². The van der Waals surface area contributed by atoms with Gasteiger partial charge in [-0.2, -0.15) is 0 Å². The number of aromatic nitrogens is 2. The molecule has 0 aliphatic rings. The normalized spacial score (nSPS) is 10.2. The van der Waals surface area contributed by atoms with Crippen molar-refractivity contribution in [2.75, 3.05) is 7.11 Å². The minimum Gasteiger partial charge on any atom is -0.493 e. The number of rotatable bonds is 5. The van der Waals surface area contributed by atoms with Crippen molar-refractivity contribution in [3.05, 3.63) is 44.5 Å². The van der Waals surface area contributed by atoms with Crippen molar-refractivity contribution >= 4 is 11.6 Å². The molecular formula is C11H10N4O6. The van der Waals surface area contributed by atoms with Gasteiger partial charge in [0.15, 0.2) is 16.6 Å². The maximum atomic E-state index is 11.0. The summed E-state index contributed by atoms with van der Waals surface area (Å²) in [4.78, 5) is 20.3. The largest absolute Gasteiger partial charge is 0.493 e. The van der Waals surface area contributed by atoms with Gasteiger partial charge in [-0.15, -0.1) is 0 Å². The SMILES string of the molecule is COc1ccccc1Oc1c([N+](=O)[O-])nn(C)c1[N+](=O)[O-]. The van der Waals surface area contributed by atoms with E-state index in [4.69, 9.17) is 9.47 Å². The van der Waals surface area contributed by atoms with E-state index in [9.17, 15) is 20.2 Å². The molecule has 0 aliphatic carbocycles. The highest BCUT2D eigenvalue weighted by Crippen LogP contribution is 2.41. The topological polar surface area (TPSA) is 123 Å². The van der Waals surface area contributed by atoms with Crippen molar-refractivity contribution in [3.63, 3.8) is 0 Å². The van der Waals surface area contributed by atoms with Crippen molar-refractivity contribution in [1.29, 1.82) is 0 Å². The minimum absolute atomic E-state index is 0.110. The van der Waals surface area contributed by atoms with Crippen molar-refractivity contribution in [2.24, 2.45) is 7.05 Å². The number of benzene rings is 1. The Kier molecular flexibility index (Phi) is 3.69. The van der Waals surface area contributed by atoms with Crippen LogP contribution in [0.15, 0.2) is 24.3 Å². The molecule has 2 aromatic rings. The number of aryl methyl sites for hydroxylation is 1. The molecule has 0 aliphatic heterocycles. The summed E-state index contributed by atoms with van der Waals surface area (Å²) in [5.74, 6) is -1.51. The van der Waals surface area contributed by atoms with Gasteiger partial charge in [0.25, 0.3) is 0 Å².